The van der Waals surface area contributed by atoms with Gasteiger partial charge in [-0.15, -0.1) is 0 Å². The van der Waals surface area contributed by atoms with Gasteiger partial charge in [0.15, 0.2) is 0 Å². The van der Waals surface area contributed by atoms with Crippen LogP contribution in [0.5, 0.6) is 0 Å². The number of nitrogens with one attached hydrogen (secondary N) is 2. The van der Waals surface area contributed by atoms with Crippen molar-refractivity contribution < 1.29 is 42.4 Å². The van der Waals surface area contributed by atoms with Gasteiger partial charge in [0, 0.05) is 25.2 Å². The van der Waals surface area contributed by atoms with Gasteiger partial charge in [-0.05, 0) is 42.2 Å². The molecule has 12 nitrogen and oxygen atoms in total. The van der Waals surface area contributed by atoms with E-state index in [2.05, 4.69) is 10.6 Å². The average molecular weight is 622 g/mol. The Morgan fingerprint density at radius 1 is 1.07 bits per heavy atom. The Balaban J connectivity index is 1.72. The van der Waals surface area contributed by atoms with Crippen LogP contribution in [0.1, 0.15) is 32.3 Å². The molecule has 0 saturated carbocycles. The third-order valence-electron chi connectivity index (χ3n) is 6.67. The standard InChI is InChI=1S/C30H43N3O9S/c1-22(2)19-33(43(38,39)26-10-8-24(9-11-26)31-29(36)13-16-40-17-14-34)20-28(35)27(18-23-6-4-3-5-7-23)32-30(37)42-25-12-15-41-21-25/h3-11,22,25,27-28,34-35H,12-21H2,1-2H3,(H,31,36)(H,32,37). The summed E-state index contributed by atoms with van der Waals surface area (Å²) in [4.78, 5) is 24.8. The summed E-state index contributed by atoms with van der Waals surface area (Å²) in [5.41, 5.74) is 1.27. The van der Waals surface area contributed by atoms with E-state index in [1.54, 1.807) is 0 Å². The first-order valence-electron chi connectivity index (χ1n) is 14.4. The smallest absolute Gasteiger partial charge is 0.407 e. The third kappa shape index (κ3) is 11.5. The highest BCUT2D eigenvalue weighted by Gasteiger charge is 2.32. The summed E-state index contributed by atoms with van der Waals surface area (Å²) in [6.45, 7) is 4.59. The SMILES string of the molecule is CC(C)CN(CC(O)C(Cc1ccccc1)NC(=O)OC1CCOC1)S(=O)(=O)c1ccc(NC(=O)CCOCCO)cc1. The molecular formula is C30H43N3O9S. The molecule has 0 aromatic heterocycles. The fraction of sp³-hybridized carbons (Fsp3) is 0.533. The topological polar surface area (TPSA) is 164 Å². The van der Waals surface area contributed by atoms with Crippen molar-refractivity contribution in [3.63, 3.8) is 0 Å². The molecule has 1 aliphatic heterocycles. The van der Waals surface area contributed by atoms with Crippen LogP contribution < -0.4 is 10.6 Å². The number of anilines is 1. The second-order valence-electron chi connectivity index (χ2n) is 10.8. The van der Waals surface area contributed by atoms with Crippen molar-refractivity contribution in [3.05, 3.63) is 60.2 Å². The van der Waals surface area contributed by atoms with Gasteiger partial charge in [0.25, 0.3) is 0 Å². The van der Waals surface area contributed by atoms with Gasteiger partial charge in [0.1, 0.15) is 6.10 Å². The number of carbonyl (C=O) groups is 2. The highest BCUT2D eigenvalue weighted by molar-refractivity contribution is 7.89. The molecule has 1 fully saturated rings. The van der Waals surface area contributed by atoms with E-state index in [0.717, 1.165) is 5.56 Å². The zero-order valence-electron chi connectivity index (χ0n) is 24.7. The second-order valence-corrected chi connectivity index (χ2v) is 12.7. The number of aliphatic hydroxyl groups excluding tert-OH is 2. The summed E-state index contributed by atoms with van der Waals surface area (Å²) in [5.74, 6) is -0.365. The number of aliphatic hydroxyl groups is 2. The molecule has 43 heavy (non-hydrogen) atoms. The zero-order valence-corrected chi connectivity index (χ0v) is 25.5. The van der Waals surface area contributed by atoms with Crippen molar-refractivity contribution in [3.8, 4) is 0 Å². The van der Waals surface area contributed by atoms with Crippen LogP contribution in [0.3, 0.4) is 0 Å². The lowest BCUT2D eigenvalue weighted by atomic mass is 10.0. The molecule has 0 bridgehead atoms. The fourth-order valence-corrected chi connectivity index (χ4v) is 6.14. The average Bonchev–Trinajstić information content (AvgIpc) is 3.48. The van der Waals surface area contributed by atoms with Crippen LogP contribution in [-0.4, -0.2) is 99.3 Å². The van der Waals surface area contributed by atoms with Gasteiger partial charge >= 0.3 is 6.09 Å². The molecule has 0 spiro atoms. The quantitative estimate of drug-likeness (QED) is 0.194. The molecule has 3 unspecified atom stereocenters. The number of rotatable bonds is 17. The molecule has 13 heteroatoms. The summed E-state index contributed by atoms with van der Waals surface area (Å²) >= 11 is 0. The lowest BCUT2D eigenvalue weighted by Crippen LogP contribution is -2.51. The largest absolute Gasteiger partial charge is 0.444 e. The molecule has 3 atom stereocenters. The van der Waals surface area contributed by atoms with Crippen molar-refractivity contribution in [2.75, 3.05) is 51.4 Å². The van der Waals surface area contributed by atoms with Gasteiger partial charge in [-0.2, -0.15) is 4.31 Å². The first-order valence-corrected chi connectivity index (χ1v) is 15.9. The number of amides is 2. The predicted molar refractivity (Wildman–Crippen MR) is 160 cm³/mol. The maximum absolute atomic E-state index is 13.7. The van der Waals surface area contributed by atoms with Crippen molar-refractivity contribution in [2.24, 2.45) is 5.92 Å². The van der Waals surface area contributed by atoms with Gasteiger partial charge in [-0.3, -0.25) is 4.79 Å². The van der Waals surface area contributed by atoms with E-state index in [1.807, 2.05) is 44.2 Å². The van der Waals surface area contributed by atoms with E-state index in [4.69, 9.17) is 19.3 Å². The first kappa shape index (κ1) is 34.4. The number of benzene rings is 2. The molecule has 4 N–H and O–H groups in total. The highest BCUT2D eigenvalue weighted by Crippen LogP contribution is 2.21. The van der Waals surface area contributed by atoms with Crippen molar-refractivity contribution in [1.82, 2.24) is 9.62 Å². The van der Waals surface area contributed by atoms with E-state index >= 15 is 0 Å². The van der Waals surface area contributed by atoms with Crippen LogP contribution in [0, 0.1) is 5.92 Å². The summed E-state index contributed by atoms with van der Waals surface area (Å²) in [5, 5.41) is 25.5. The van der Waals surface area contributed by atoms with Gasteiger partial charge in [0.2, 0.25) is 15.9 Å². The minimum atomic E-state index is -4.05. The summed E-state index contributed by atoms with van der Waals surface area (Å²) in [6, 6.07) is 14.2. The molecule has 0 aliphatic carbocycles. The number of hydrogen-bond donors (Lipinski definition) is 4. The minimum Gasteiger partial charge on any atom is -0.444 e. The van der Waals surface area contributed by atoms with Crippen molar-refractivity contribution in [1.29, 1.82) is 0 Å². The number of sulfonamides is 1. The van der Waals surface area contributed by atoms with Crippen molar-refractivity contribution in [2.45, 2.75) is 56.3 Å². The molecule has 3 rings (SSSR count). The molecular weight excluding hydrogens is 578 g/mol. The molecule has 2 aromatic carbocycles. The second kappa shape index (κ2) is 17.3. The van der Waals surface area contributed by atoms with Crippen LogP contribution in [0.2, 0.25) is 0 Å². The van der Waals surface area contributed by atoms with Gasteiger partial charge in [-0.1, -0.05) is 44.2 Å². The molecule has 1 aliphatic rings. The maximum atomic E-state index is 13.7. The fourth-order valence-electron chi connectivity index (χ4n) is 4.52. The lowest BCUT2D eigenvalue weighted by molar-refractivity contribution is -0.117. The van der Waals surface area contributed by atoms with E-state index in [9.17, 15) is 23.1 Å². The van der Waals surface area contributed by atoms with E-state index in [1.165, 1.54) is 28.6 Å². The first-order chi connectivity index (χ1) is 20.6. The Hall–Kier alpha value is -3.07. The minimum absolute atomic E-state index is 0.00200. The number of carbonyl (C=O) groups excluding carboxylic acids is 2. The highest BCUT2D eigenvalue weighted by atomic mass is 32.2. The van der Waals surface area contributed by atoms with Crippen LogP contribution in [0.4, 0.5) is 10.5 Å². The number of ether oxygens (including phenoxy) is 3. The Bertz CT molecular complexity index is 1240. The monoisotopic (exact) mass is 621 g/mol. The summed E-state index contributed by atoms with van der Waals surface area (Å²) in [7, 11) is -4.05. The maximum Gasteiger partial charge on any atom is 0.407 e. The van der Waals surface area contributed by atoms with Gasteiger partial charge in [0.05, 0.1) is 56.5 Å². The summed E-state index contributed by atoms with van der Waals surface area (Å²) in [6.07, 6.45) is -1.41. The van der Waals surface area contributed by atoms with Crippen LogP contribution in [0.15, 0.2) is 59.5 Å². The zero-order chi connectivity index (χ0) is 31.2. The molecule has 2 aromatic rings. The lowest BCUT2D eigenvalue weighted by Gasteiger charge is -2.30. The number of hydrogen-bond acceptors (Lipinski definition) is 9. The molecule has 1 saturated heterocycles. The van der Waals surface area contributed by atoms with E-state index < -0.39 is 28.3 Å². The Morgan fingerprint density at radius 3 is 2.42 bits per heavy atom. The Labute approximate surface area is 253 Å². The predicted octanol–water partition coefficient (Wildman–Crippen LogP) is 2.16. The molecule has 1 heterocycles. The van der Waals surface area contributed by atoms with Crippen molar-refractivity contribution >= 4 is 27.7 Å². The Kier molecular flexibility index (Phi) is 13.8. The number of nitrogens with zero attached hydrogens (tertiary/aromatic N) is 1. The van der Waals surface area contributed by atoms with Crippen LogP contribution in [-0.2, 0) is 35.4 Å². The Morgan fingerprint density at radius 2 is 1.79 bits per heavy atom. The molecule has 2 amide bonds. The molecule has 0 radical (unpaired) electrons. The van der Waals surface area contributed by atoms with Crippen LogP contribution in [0.25, 0.3) is 0 Å². The number of alkyl carbamates (subject to hydrolysis) is 1. The third-order valence-corrected chi connectivity index (χ3v) is 8.52. The van der Waals surface area contributed by atoms with E-state index in [0.29, 0.717) is 25.3 Å². The van der Waals surface area contributed by atoms with Crippen LogP contribution >= 0.6 is 0 Å². The summed E-state index contributed by atoms with van der Waals surface area (Å²) < 4.78 is 44.5. The normalized spacial score (nSPS) is 16.7. The molecule has 238 valence electrons. The van der Waals surface area contributed by atoms with Gasteiger partial charge < -0.3 is 35.1 Å². The van der Waals surface area contributed by atoms with Gasteiger partial charge in [-0.25, -0.2) is 13.2 Å². The van der Waals surface area contributed by atoms with E-state index in [-0.39, 0.29) is 68.6 Å².